The molecule has 7 heteroatoms. The van der Waals surface area contributed by atoms with Gasteiger partial charge >= 0.3 is 6.09 Å². The van der Waals surface area contributed by atoms with Crippen LogP contribution in [0.25, 0.3) is 10.6 Å². The zero-order valence-electron chi connectivity index (χ0n) is 15.2. The number of hydrogen-bond donors (Lipinski definition) is 1. The summed E-state index contributed by atoms with van der Waals surface area (Å²) >= 11 is 1.55. The highest BCUT2D eigenvalue weighted by Crippen LogP contribution is 2.42. The first-order valence-corrected chi connectivity index (χ1v) is 9.43. The minimum atomic E-state index is -0.747. The predicted molar refractivity (Wildman–Crippen MR) is 103 cm³/mol. The molecule has 2 atom stereocenters. The van der Waals surface area contributed by atoms with Crippen LogP contribution in [-0.2, 0) is 4.74 Å². The first kappa shape index (κ1) is 18.4. The van der Waals surface area contributed by atoms with Gasteiger partial charge in [0.25, 0.3) is 0 Å². The summed E-state index contributed by atoms with van der Waals surface area (Å²) in [5, 5.41) is 12.6. The number of nitriles is 1. The molecule has 0 radical (unpaired) electrons. The third-order valence-electron chi connectivity index (χ3n) is 5.17. The SMILES string of the molecule is CC(C)(C)[N+]1(c2ccc(-c3nccs3)cc2C#N)CC[C@H](OC(N)=O)C1. The fourth-order valence-electron chi connectivity index (χ4n) is 3.84. The van der Waals surface area contributed by atoms with Crippen molar-refractivity contribution in [2.75, 3.05) is 13.1 Å². The quantitative estimate of drug-likeness (QED) is 0.834. The second-order valence-corrected chi connectivity index (χ2v) is 8.47. The van der Waals surface area contributed by atoms with E-state index in [-0.39, 0.29) is 11.6 Å². The van der Waals surface area contributed by atoms with Gasteiger partial charge in [0, 0.05) is 29.6 Å². The largest absolute Gasteiger partial charge is 0.440 e. The number of quaternary nitrogens is 1. The average Bonchev–Trinajstić information content (AvgIpc) is 3.23. The molecule has 6 nitrogen and oxygen atoms in total. The normalized spacial score (nSPS) is 22.8. The van der Waals surface area contributed by atoms with Crippen LogP contribution in [0.4, 0.5) is 10.5 Å². The number of thiazole rings is 1. The maximum Gasteiger partial charge on any atom is 0.404 e. The molecule has 1 aromatic carbocycles. The molecule has 1 fully saturated rings. The second-order valence-electron chi connectivity index (χ2n) is 7.57. The van der Waals surface area contributed by atoms with Crippen molar-refractivity contribution in [3.63, 3.8) is 0 Å². The van der Waals surface area contributed by atoms with Gasteiger partial charge in [-0.2, -0.15) is 5.26 Å². The van der Waals surface area contributed by atoms with Crippen molar-refractivity contribution in [3.8, 4) is 16.6 Å². The van der Waals surface area contributed by atoms with Crippen molar-refractivity contribution in [1.82, 2.24) is 9.47 Å². The number of ether oxygens (including phenoxy) is 1. The van der Waals surface area contributed by atoms with Crippen LogP contribution in [0.5, 0.6) is 0 Å². The van der Waals surface area contributed by atoms with E-state index in [1.54, 1.807) is 17.5 Å². The van der Waals surface area contributed by atoms with Gasteiger partial charge in [-0.05, 0) is 32.9 Å². The Bertz CT molecular complexity index is 851. The monoisotopic (exact) mass is 371 g/mol. The molecule has 1 amide bonds. The third-order valence-corrected chi connectivity index (χ3v) is 5.99. The number of amides is 1. The minimum Gasteiger partial charge on any atom is -0.440 e. The molecule has 2 heterocycles. The molecule has 26 heavy (non-hydrogen) atoms. The summed E-state index contributed by atoms with van der Waals surface area (Å²) in [7, 11) is 0. The summed E-state index contributed by atoms with van der Waals surface area (Å²) < 4.78 is 5.85. The number of benzene rings is 1. The predicted octanol–water partition coefficient (Wildman–Crippen LogP) is 3.66. The van der Waals surface area contributed by atoms with Gasteiger partial charge in [-0.1, -0.05) is 0 Å². The van der Waals surface area contributed by atoms with Crippen molar-refractivity contribution in [2.24, 2.45) is 5.73 Å². The van der Waals surface area contributed by atoms with Gasteiger partial charge in [0.05, 0.1) is 12.1 Å². The van der Waals surface area contributed by atoms with E-state index >= 15 is 0 Å². The average molecular weight is 371 g/mol. The van der Waals surface area contributed by atoms with Crippen molar-refractivity contribution >= 4 is 23.1 Å². The van der Waals surface area contributed by atoms with Gasteiger partial charge in [-0.15, -0.1) is 11.3 Å². The molecule has 3 rings (SSSR count). The zero-order chi connectivity index (χ0) is 18.9. The highest BCUT2D eigenvalue weighted by molar-refractivity contribution is 7.13. The lowest BCUT2D eigenvalue weighted by molar-refractivity contribution is 0.0962. The molecule has 0 bridgehead atoms. The standard InChI is InChI=1S/C19H22N4O2S/c1-19(2,3)23(8-6-15(12-23)25-18(21)24)16-5-4-13(10-14(16)11-20)17-22-7-9-26-17/h4-5,7,9-10,15H,6,8,12H2,1-3H3,(H-,21,24)/p+1/t15-,23?/m0/s1. The summed E-state index contributed by atoms with van der Waals surface area (Å²) in [5.41, 5.74) is 7.58. The van der Waals surface area contributed by atoms with Gasteiger partial charge in [-0.3, -0.25) is 4.48 Å². The van der Waals surface area contributed by atoms with Crippen LogP contribution in [0.3, 0.4) is 0 Å². The maximum atomic E-state index is 11.2. The van der Waals surface area contributed by atoms with Gasteiger partial charge in [0.1, 0.15) is 23.2 Å². The molecule has 2 aromatic rings. The highest BCUT2D eigenvalue weighted by Gasteiger charge is 2.50. The number of hydrogen-bond acceptors (Lipinski definition) is 5. The summed E-state index contributed by atoms with van der Waals surface area (Å²) in [5.74, 6) is 0. The smallest absolute Gasteiger partial charge is 0.404 e. The molecular weight excluding hydrogens is 348 g/mol. The molecule has 136 valence electrons. The molecule has 0 aliphatic carbocycles. The van der Waals surface area contributed by atoms with Gasteiger partial charge < -0.3 is 10.5 Å². The molecule has 0 spiro atoms. The fourth-order valence-corrected chi connectivity index (χ4v) is 4.48. The maximum absolute atomic E-state index is 11.2. The van der Waals surface area contributed by atoms with Crippen LogP contribution in [0.2, 0.25) is 0 Å². The Labute approximate surface area is 157 Å². The van der Waals surface area contributed by atoms with Crippen LogP contribution < -0.4 is 10.2 Å². The molecule has 1 saturated heterocycles. The van der Waals surface area contributed by atoms with Gasteiger partial charge in [-0.25, -0.2) is 9.78 Å². The zero-order valence-corrected chi connectivity index (χ0v) is 16.0. The number of aromatic nitrogens is 1. The van der Waals surface area contributed by atoms with Crippen molar-refractivity contribution in [1.29, 1.82) is 5.26 Å². The molecule has 1 aliphatic heterocycles. The van der Waals surface area contributed by atoms with E-state index in [4.69, 9.17) is 10.5 Å². The van der Waals surface area contributed by atoms with E-state index in [1.165, 1.54) is 0 Å². The molecule has 2 N–H and O–H groups in total. The summed E-state index contributed by atoms with van der Waals surface area (Å²) in [4.78, 5) is 15.5. The number of carbonyl (C=O) groups is 1. The highest BCUT2D eigenvalue weighted by atomic mass is 32.1. The Balaban J connectivity index is 2.06. The van der Waals surface area contributed by atoms with Gasteiger partial charge in [0.15, 0.2) is 11.8 Å². The number of primary amides is 1. The van der Waals surface area contributed by atoms with E-state index in [0.29, 0.717) is 16.6 Å². The van der Waals surface area contributed by atoms with E-state index in [1.807, 2.05) is 23.6 Å². The topological polar surface area (TPSA) is 89.0 Å². The van der Waals surface area contributed by atoms with E-state index in [0.717, 1.165) is 29.2 Å². The van der Waals surface area contributed by atoms with Crippen LogP contribution >= 0.6 is 11.3 Å². The van der Waals surface area contributed by atoms with E-state index in [9.17, 15) is 10.1 Å². The van der Waals surface area contributed by atoms with Crippen molar-refractivity contribution in [3.05, 3.63) is 35.3 Å². The lowest BCUT2D eigenvalue weighted by Crippen LogP contribution is -2.61. The Kier molecular flexibility index (Phi) is 4.74. The lowest BCUT2D eigenvalue weighted by Gasteiger charge is -2.45. The van der Waals surface area contributed by atoms with E-state index < -0.39 is 6.09 Å². The van der Waals surface area contributed by atoms with Gasteiger partial charge in [0.2, 0.25) is 0 Å². The second kappa shape index (κ2) is 6.71. The molecule has 0 saturated carbocycles. The van der Waals surface area contributed by atoms with Crippen LogP contribution in [0.15, 0.2) is 29.8 Å². The first-order chi connectivity index (χ1) is 12.3. The molecule has 1 aliphatic rings. The summed E-state index contributed by atoms with van der Waals surface area (Å²) in [6.07, 6.45) is 1.50. The number of nitrogens with zero attached hydrogens (tertiary/aromatic N) is 3. The first-order valence-electron chi connectivity index (χ1n) is 8.55. The number of likely N-dealkylation sites (tertiary alicyclic amines) is 1. The summed E-state index contributed by atoms with van der Waals surface area (Å²) in [6.45, 7) is 7.84. The Hall–Kier alpha value is -2.43. The van der Waals surface area contributed by atoms with Crippen LogP contribution in [-0.4, -0.2) is 35.8 Å². The number of nitrogens with two attached hydrogens (primary N) is 1. The van der Waals surface area contributed by atoms with Crippen molar-refractivity contribution < 1.29 is 9.53 Å². The molecule has 1 unspecified atom stereocenters. The summed E-state index contributed by atoms with van der Waals surface area (Å²) in [6, 6.07) is 8.30. The Morgan fingerprint density at radius 1 is 1.46 bits per heavy atom. The number of rotatable bonds is 3. The molecular formula is C19H23N4O2S+. The molecule has 1 aromatic heterocycles. The van der Waals surface area contributed by atoms with Crippen LogP contribution in [0.1, 0.15) is 32.8 Å². The number of carbonyl (C=O) groups excluding carboxylic acids is 1. The van der Waals surface area contributed by atoms with Crippen LogP contribution in [0, 0.1) is 11.3 Å². The lowest BCUT2D eigenvalue weighted by atomic mass is 9.97. The van der Waals surface area contributed by atoms with Crippen molar-refractivity contribution in [2.45, 2.75) is 38.8 Å². The fraction of sp³-hybridized carbons (Fsp3) is 0.421. The van der Waals surface area contributed by atoms with E-state index in [2.05, 4.69) is 31.8 Å². The Morgan fingerprint density at radius 3 is 2.81 bits per heavy atom. The third kappa shape index (κ3) is 3.18. The minimum absolute atomic E-state index is 0.163. The Morgan fingerprint density at radius 2 is 2.23 bits per heavy atom.